The number of aliphatic hydroxyl groups excluding tert-OH is 1. The number of alkyl carbamates (subject to hydrolysis) is 1. The van der Waals surface area contributed by atoms with Crippen molar-refractivity contribution in [1.82, 2.24) is 10.6 Å². The van der Waals surface area contributed by atoms with Crippen LogP contribution in [0.5, 0.6) is 0 Å². The first-order valence-electron chi connectivity index (χ1n) is 11.3. The molecule has 0 saturated carbocycles. The second-order valence-electron chi connectivity index (χ2n) is 9.41. The molecule has 184 valence electrons. The van der Waals surface area contributed by atoms with E-state index in [2.05, 4.69) is 28.9 Å². The number of allylic oxidation sites excluding steroid dienone is 4. The van der Waals surface area contributed by atoms with E-state index in [1.54, 1.807) is 20.8 Å². The molecule has 1 aromatic rings. The van der Waals surface area contributed by atoms with Crippen LogP contribution in [0, 0.1) is 5.92 Å². The molecule has 0 spiro atoms. The molecule has 3 rings (SSSR count). The van der Waals surface area contributed by atoms with Crippen LogP contribution in [0.25, 0.3) is 0 Å². The van der Waals surface area contributed by atoms with Gasteiger partial charge in [-0.3, -0.25) is 4.79 Å². The lowest BCUT2D eigenvalue weighted by molar-refractivity contribution is -0.143. The van der Waals surface area contributed by atoms with Crippen molar-refractivity contribution in [1.29, 1.82) is 0 Å². The van der Waals surface area contributed by atoms with Crippen LogP contribution in [0.4, 0.5) is 4.79 Å². The fourth-order valence-corrected chi connectivity index (χ4v) is 4.20. The Kier molecular flexibility index (Phi) is 8.11. The average molecular weight is 473 g/mol. The predicted octanol–water partition coefficient (Wildman–Crippen LogP) is 2.08. The normalized spacial score (nSPS) is 22.3. The third kappa shape index (κ3) is 6.24. The van der Waals surface area contributed by atoms with Gasteiger partial charge in [-0.05, 0) is 37.8 Å². The molecular formula is C25H32N2O7. The van der Waals surface area contributed by atoms with Crippen molar-refractivity contribution in [3.05, 3.63) is 59.7 Å². The first-order chi connectivity index (χ1) is 16.1. The number of nitrogens with one attached hydrogen (secondary N) is 2. The summed E-state index contributed by atoms with van der Waals surface area (Å²) in [5, 5.41) is 23.0. The number of carboxylic acid groups (broad SMARTS) is 1. The quantitative estimate of drug-likeness (QED) is 0.432. The van der Waals surface area contributed by atoms with E-state index in [9.17, 15) is 19.5 Å². The van der Waals surface area contributed by atoms with E-state index in [1.807, 2.05) is 30.4 Å². The first-order valence-corrected chi connectivity index (χ1v) is 11.3. The van der Waals surface area contributed by atoms with Crippen LogP contribution >= 0.6 is 0 Å². The van der Waals surface area contributed by atoms with Crippen LogP contribution < -0.4 is 10.6 Å². The van der Waals surface area contributed by atoms with Crippen LogP contribution in [-0.2, 0) is 19.1 Å². The highest BCUT2D eigenvalue weighted by molar-refractivity contribution is 5.89. The van der Waals surface area contributed by atoms with Crippen molar-refractivity contribution < 1.29 is 34.1 Å². The van der Waals surface area contributed by atoms with E-state index < -0.39 is 42.3 Å². The number of hydrogen-bond acceptors (Lipinski definition) is 6. The molecule has 3 unspecified atom stereocenters. The van der Waals surface area contributed by atoms with Gasteiger partial charge in [0, 0.05) is 11.8 Å². The summed E-state index contributed by atoms with van der Waals surface area (Å²) < 4.78 is 11.1. The Balaban J connectivity index is 1.65. The highest BCUT2D eigenvalue weighted by Crippen LogP contribution is 2.49. The molecule has 0 heterocycles. The molecule has 9 heteroatoms. The van der Waals surface area contributed by atoms with Crippen LogP contribution in [0.3, 0.4) is 0 Å². The van der Waals surface area contributed by atoms with Crippen LogP contribution in [0.2, 0.25) is 0 Å². The van der Waals surface area contributed by atoms with Crippen molar-refractivity contribution in [2.75, 3.05) is 19.8 Å². The Morgan fingerprint density at radius 2 is 1.71 bits per heavy atom. The largest absolute Gasteiger partial charge is 0.480 e. The second kappa shape index (κ2) is 10.8. The molecular weight excluding hydrogens is 440 g/mol. The minimum absolute atomic E-state index is 0.0305. The zero-order valence-electron chi connectivity index (χ0n) is 19.6. The van der Waals surface area contributed by atoms with E-state index in [4.69, 9.17) is 14.6 Å². The molecule has 0 aliphatic heterocycles. The lowest BCUT2D eigenvalue weighted by atomic mass is 9.84. The SMILES string of the molecule is CC(C)(C)OC[C@H](NC(=O)OCC1c2ccccc2C2C=CC=CC21)C(=O)N[C@@H](CO)C(=O)O. The fourth-order valence-electron chi connectivity index (χ4n) is 4.20. The van der Waals surface area contributed by atoms with Gasteiger partial charge in [-0.1, -0.05) is 48.6 Å². The topological polar surface area (TPSA) is 134 Å². The first kappa shape index (κ1) is 25.5. The second-order valence-corrected chi connectivity index (χ2v) is 9.41. The number of aliphatic hydroxyl groups is 1. The van der Waals surface area contributed by atoms with Gasteiger partial charge >= 0.3 is 12.1 Å². The summed E-state index contributed by atoms with van der Waals surface area (Å²) in [6.07, 6.45) is 7.46. The molecule has 34 heavy (non-hydrogen) atoms. The van der Waals surface area contributed by atoms with Crippen LogP contribution in [-0.4, -0.2) is 65.7 Å². The Morgan fingerprint density at radius 3 is 2.35 bits per heavy atom. The van der Waals surface area contributed by atoms with Gasteiger partial charge in [0.2, 0.25) is 5.91 Å². The minimum atomic E-state index is -1.50. The number of carboxylic acids is 1. The molecule has 0 radical (unpaired) electrons. The third-order valence-corrected chi connectivity index (χ3v) is 5.88. The molecule has 2 aliphatic carbocycles. The standard InChI is InChI=1S/C25H32N2O7/c1-25(2,3)34-14-21(22(29)26-20(12-28)23(30)31)27-24(32)33-13-19-17-10-6-4-8-15(17)16-9-5-7-11-18(16)19/h4-11,15,17,19-21,28H,12-14H2,1-3H3,(H,26,29)(H,27,32)(H,30,31)/t15?,17?,19?,20-,21-/m0/s1. The average Bonchev–Trinajstić information content (AvgIpc) is 3.11. The Morgan fingerprint density at radius 1 is 1.03 bits per heavy atom. The van der Waals surface area contributed by atoms with Gasteiger partial charge in [0.15, 0.2) is 0 Å². The molecule has 2 aliphatic rings. The number of benzene rings is 1. The Hall–Kier alpha value is -3.17. The molecule has 9 nitrogen and oxygen atoms in total. The van der Waals surface area contributed by atoms with Gasteiger partial charge in [0.25, 0.3) is 0 Å². The van der Waals surface area contributed by atoms with Crippen LogP contribution in [0.15, 0.2) is 48.6 Å². The van der Waals surface area contributed by atoms with Crippen molar-refractivity contribution in [3.8, 4) is 0 Å². The van der Waals surface area contributed by atoms with Gasteiger partial charge < -0.3 is 30.3 Å². The number of amides is 2. The number of hydrogen-bond donors (Lipinski definition) is 4. The Labute approximate surface area is 198 Å². The number of carbonyl (C=O) groups is 3. The molecule has 1 aromatic carbocycles. The number of rotatable bonds is 9. The lowest BCUT2D eigenvalue weighted by Gasteiger charge is -2.26. The molecule has 2 amide bonds. The van der Waals surface area contributed by atoms with Crippen LogP contribution in [0.1, 0.15) is 43.7 Å². The van der Waals surface area contributed by atoms with E-state index >= 15 is 0 Å². The summed E-state index contributed by atoms with van der Waals surface area (Å²) in [7, 11) is 0. The maximum atomic E-state index is 12.6. The molecule has 0 fully saturated rings. The molecule has 4 N–H and O–H groups in total. The monoisotopic (exact) mass is 472 g/mol. The summed E-state index contributed by atoms with van der Waals surface area (Å²) in [5.74, 6) is -1.83. The number of ether oxygens (including phenoxy) is 2. The van der Waals surface area contributed by atoms with E-state index in [1.165, 1.54) is 5.56 Å². The summed E-state index contributed by atoms with van der Waals surface area (Å²) in [6, 6.07) is 5.37. The zero-order chi connectivity index (χ0) is 24.9. The zero-order valence-corrected chi connectivity index (χ0v) is 19.6. The summed E-state index contributed by atoms with van der Waals surface area (Å²) >= 11 is 0. The van der Waals surface area contributed by atoms with E-state index in [-0.39, 0.29) is 31.0 Å². The van der Waals surface area contributed by atoms with E-state index in [0.29, 0.717) is 0 Å². The highest BCUT2D eigenvalue weighted by Gasteiger charge is 2.39. The molecule has 0 bridgehead atoms. The van der Waals surface area contributed by atoms with Gasteiger partial charge in [0.05, 0.1) is 18.8 Å². The molecule has 0 aromatic heterocycles. The summed E-state index contributed by atoms with van der Waals surface area (Å²) in [4.78, 5) is 36.4. The highest BCUT2D eigenvalue weighted by atomic mass is 16.5. The van der Waals surface area contributed by atoms with Gasteiger partial charge in [-0.25, -0.2) is 9.59 Å². The lowest BCUT2D eigenvalue weighted by Crippen LogP contribution is -2.55. The number of fused-ring (bicyclic) bond motifs is 3. The number of aliphatic carboxylic acids is 1. The molecule has 0 saturated heterocycles. The fraction of sp³-hybridized carbons (Fsp3) is 0.480. The minimum Gasteiger partial charge on any atom is -0.480 e. The third-order valence-electron chi connectivity index (χ3n) is 5.88. The summed E-state index contributed by atoms with van der Waals surface area (Å²) in [6.45, 7) is 4.48. The molecule has 5 atom stereocenters. The summed E-state index contributed by atoms with van der Waals surface area (Å²) in [5.41, 5.74) is 1.73. The predicted molar refractivity (Wildman–Crippen MR) is 124 cm³/mol. The van der Waals surface area contributed by atoms with Crippen molar-refractivity contribution in [2.24, 2.45) is 5.92 Å². The number of carbonyl (C=O) groups excluding carboxylic acids is 2. The Bertz CT molecular complexity index is 966. The van der Waals surface area contributed by atoms with Gasteiger partial charge in [-0.2, -0.15) is 0 Å². The smallest absolute Gasteiger partial charge is 0.407 e. The van der Waals surface area contributed by atoms with Gasteiger partial charge in [-0.15, -0.1) is 0 Å². The van der Waals surface area contributed by atoms with E-state index in [0.717, 1.165) is 5.56 Å². The van der Waals surface area contributed by atoms with Crippen molar-refractivity contribution in [2.45, 2.75) is 50.3 Å². The maximum absolute atomic E-state index is 12.6. The maximum Gasteiger partial charge on any atom is 0.407 e. The van der Waals surface area contributed by atoms with Gasteiger partial charge in [0.1, 0.15) is 18.7 Å². The van der Waals surface area contributed by atoms with Crippen molar-refractivity contribution in [3.63, 3.8) is 0 Å². The van der Waals surface area contributed by atoms with Crippen molar-refractivity contribution >= 4 is 18.0 Å².